The molecule has 2 amide bonds. The second-order valence-electron chi connectivity index (χ2n) is 6.61. The van der Waals surface area contributed by atoms with Crippen LogP contribution in [-0.4, -0.2) is 37.6 Å². The predicted octanol–water partition coefficient (Wildman–Crippen LogP) is 3.66. The molecule has 0 unspecified atom stereocenters. The molecule has 0 saturated carbocycles. The number of rotatable bonds is 7. The van der Waals surface area contributed by atoms with Crippen molar-refractivity contribution >= 4 is 11.7 Å². The summed E-state index contributed by atoms with van der Waals surface area (Å²) in [7, 11) is 1.61. The van der Waals surface area contributed by atoms with Crippen LogP contribution in [0.2, 0.25) is 0 Å². The molecule has 1 aliphatic heterocycles. The smallest absolute Gasteiger partial charge is 0.319 e. The summed E-state index contributed by atoms with van der Waals surface area (Å²) in [6.07, 6.45) is 3.58. The van der Waals surface area contributed by atoms with E-state index >= 15 is 0 Å². The number of ether oxygens (including phenoxy) is 1. The second-order valence-corrected chi connectivity index (χ2v) is 6.61. The highest BCUT2D eigenvalue weighted by Crippen LogP contribution is 2.27. The fourth-order valence-corrected chi connectivity index (χ4v) is 3.17. The number of urea groups is 1. The lowest BCUT2D eigenvalue weighted by atomic mass is 10.1. The maximum absolute atomic E-state index is 11.8. The summed E-state index contributed by atoms with van der Waals surface area (Å²) in [5, 5.41) is 5.47. The molecule has 2 aromatic rings. The molecule has 3 rings (SSSR count). The molecular formula is C21H27N3O2. The summed E-state index contributed by atoms with van der Waals surface area (Å²) in [6.45, 7) is 3.92. The van der Waals surface area contributed by atoms with Crippen LogP contribution in [0.3, 0.4) is 0 Å². The Balaban J connectivity index is 1.68. The summed E-state index contributed by atoms with van der Waals surface area (Å²) in [6, 6.07) is 15.8. The molecule has 0 aliphatic carbocycles. The van der Waals surface area contributed by atoms with Crippen LogP contribution in [0.5, 0.6) is 5.75 Å². The Morgan fingerprint density at radius 3 is 2.58 bits per heavy atom. The van der Waals surface area contributed by atoms with E-state index in [-0.39, 0.29) is 6.03 Å². The van der Waals surface area contributed by atoms with Gasteiger partial charge in [-0.05, 0) is 55.6 Å². The molecule has 0 radical (unpaired) electrons. The molecule has 2 N–H and O–H groups in total. The van der Waals surface area contributed by atoms with Gasteiger partial charge < -0.3 is 20.3 Å². The van der Waals surface area contributed by atoms with E-state index in [2.05, 4.69) is 21.6 Å². The number of carbonyl (C=O) groups is 1. The maximum atomic E-state index is 11.8. The van der Waals surface area contributed by atoms with Gasteiger partial charge in [0.15, 0.2) is 0 Å². The molecule has 0 bridgehead atoms. The summed E-state index contributed by atoms with van der Waals surface area (Å²) < 4.78 is 5.95. The van der Waals surface area contributed by atoms with Gasteiger partial charge in [0.25, 0.3) is 0 Å². The van der Waals surface area contributed by atoms with Crippen LogP contribution in [-0.2, 0) is 13.0 Å². The number of hydrogen-bond acceptors (Lipinski definition) is 3. The molecule has 2 aromatic carbocycles. The van der Waals surface area contributed by atoms with Crippen molar-refractivity contribution in [1.29, 1.82) is 0 Å². The molecule has 1 fully saturated rings. The fraction of sp³-hybridized carbons (Fsp3) is 0.381. The van der Waals surface area contributed by atoms with E-state index in [0.29, 0.717) is 18.0 Å². The lowest BCUT2D eigenvalue weighted by Crippen LogP contribution is -2.25. The van der Waals surface area contributed by atoms with E-state index in [1.165, 1.54) is 31.5 Å². The van der Waals surface area contributed by atoms with Crippen molar-refractivity contribution in [3.8, 4) is 5.75 Å². The van der Waals surface area contributed by atoms with Crippen molar-refractivity contribution in [2.45, 2.75) is 25.9 Å². The second kappa shape index (κ2) is 9.25. The average molecular weight is 353 g/mol. The third-order valence-corrected chi connectivity index (χ3v) is 4.67. The van der Waals surface area contributed by atoms with Crippen LogP contribution in [0.25, 0.3) is 0 Å². The van der Waals surface area contributed by atoms with Crippen molar-refractivity contribution in [1.82, 2.24) is 10.2 Å². The topological polar surface area (TPSA) is 53.6 Å². The maximum Gasteiger partial charge on any atom is 0.319 e. The van der Waals surface area contributed by atoms with Gasteiger partial charge >= 0.3 is 6.03 Å². The van der Waals surface area contributed by atoms with E-state index in [1.807, 2.05) is 42.5 Å². The SMILES string of the molecule is CNC(=O)Nc1cc(CCN2CCCC2)ccc1OCc1ccccc1. The average Bonchev–Trinajstić information content (AvgIpc) is 3.20. The molecule has 5 nitrogen and oxygen atoms in total. The molecule has 138 valence electrons. The summed E-state index contributed by atoms with van der Waals surface area (Å²) in [5.74, 6) is 0.683. The highest BCUT2D eigenvalue weighted by molar-refractivity contribution is 5.90. The van der Waals surface area contributed by atoms with Crippen molar-refractivity contribution in [3.63, 3.8) is 0 Å². The van der Waals surface area contributed by atoms with Crippen LogP contribution in [0, 0.1) is 0 Å². The Morgan fingerprint density at radius 2 is 1.85 bits per heavy atom. The Hall–Kier alpha value is -2.53. The Morgan fingerprint density at radius 1 is 1.08 bits per heavy atom. The summed E-state index contributed by atoms with van der Waals surface area (Å²) in [5.41, 5.74) is 3.01. The standard InChI is InChI=1S/C21H27N3O2/c1-22-21(25)23-19-15-17(11-14-24-12-5-6-13-24)9-10-20(19)26-16-18-7-3-2-4-8-18/h2-4,7-10,15H,5-6,11-14,16H2,1H3,(H2,22,23,25). The number of anilines is 1. The van der Waals surface area contributed by atoms with Gasteiger partial charge in [-0.25, -0.2) is 4.79 Å². The van der Waals surface area contributed by atoms with E-state index < -0.39 is 0 Å². The monoisotopic (exact) mass is 353 g/mol. The minimum absolute atomic E-state index is 0.244. The van der Waals surface area contributed by atoms with E-state index in [1.54, 1.807) is 7.05 Å². The van der Waals surface area contributed by atoms with Crippen molar-refractivity contribution in [2.75, 3.05) is 32.0 Å². The van der Waals surface area contributed by atoms with Gasteiger partial charge in [-0.15, -0.1) is 0 Å². The first-order valence-corrected chi connectivity index (χ1v) is 9.25. The van der Waals surface area contributed by atoms with Gasteiger partial charge in [0, 0.05) is 13.6 Å². The molecule has 0 spiro atoms. The summed E-state index contributed by atoms with van der Waals surface area (Å²) in [4.78, 5) is 14.3. The highest BCUT2D eigenvalue weighted by atomic mass is 16.5. The molecule has 1 saturated heterocycles. The number of benzene rings is 2. The number of hydrogen-bond donors (Lipinski definition) is 2. The van der Waals surface area contributed by atoms with Crippen LogP contribution >= 0.6 is 0 Å². The first kappa shape index (κ1) is 18.3. The predicted molar refractivity (Wildman–Crippen MR) is 105 cm³/mol. The lowest BCUT2D eigenvalue weighted by molar-refractivity contribution is 0.253. The Bertz CT molecular complexity index is 712. The largest absolute Gasteiger partial charge is 0.487 e. The molecule has 0 aromatic heterocycles. The Labute approximate surface area is 155 Å². The fourth-order valence-electron chi connectivity index (χ4n) is 3.17. The molecule has 1 heterocycles. The highest BCUT2D eigenvalue weighted by Gasteiger charge is 2.13. The van der Waals surface area contributed by atoms with Crippen molar-refractivity contribution < 1.29 is 9.53 Å². The van der Waals surface area contributed by atoms with Gasteiger partial charge in [0.1, 0.15) is 12.4 Å². The van der Waals surface area contributed by atoms with Crippen molar-refractivity contribution in [3.05, 3.63) is 59.7 Å². The number of amides is 2. The van der Waals surface area contributed by atoms with Crippen molar-refractivity contribution in [2.24, 2.45) is 0 Å². The van der Waals surface area contributed by atoms with E-state index in [9.17, 15) is 4.79 Å². The lowest BCUT2D eigenvalue weighted by Gasteiger charge is -2.17. The third-order valence-electron chi connectivity index (χ3n) is 4.67. The van der Waals surface area contributed by atoms with Crippen LogP contribution in [0.1, 0.15) is 24.0 Å². The van der Waals surface area contributed by atoms with Gasteiger partial charge in [-0.3, -0.25) is 0 Å². The zero-order valence-corrected chi connectivity index (χ0v) is 15.3. The van der Waals surface area contributed by atoms with Crippen LogP contribution in [0.4, 0.5) is 10.5 Å². The van der Waals surface area contributed by atoms with Gasteiger partial charge in [0.2, 0.25) is 0 Å². The minimum atomic E-state index is -0.244. The van der Waals surface area contributed by atoms with Crippen LogP contribution in [0.15, 0.2) is 48.5 Å². The normalized spacial score (nSPS) is 14.2. The quantitative estimate of drug-likeness (QED) is 0.799. The number of carbonyl (C=O) groups excluding carboxylic acids is 1. The van der Waals surface area contributed by atoms with Gasteiger partial charge in [-0.2, -0.15) is 0 Å². The first-order valence-electron chi connectivity index (χ1n) is 9.25. The third kappa shape index (κ3) is 5.23. The molecule has 26 heavy (non-hydrogen) atoms. The zero-order chi connectivity index (χ0) is 18.2. The van der Waals surface area contributed by atoms with E-state index in [4.69, 9.17) is 4.74 Å². The zero-order valence-electron chi connectivity index (χ0n) is 15.3. The van der Waals surface area contributed by atoms with Gasteiger partial charge in [-0.1, -0.05) is 36.4 Å². The van der Waals surface area contributed by atoms with E-state index in [0.717, 1.165) is 18.5 Å². The van der Waals surface area contributed by atoms with Gasteiger partial charge in [0.05, 0.1) is 5.69 Å². The number of likely N-dealkylation sites (tertiary alicyclic amines) is 1. The first-order chi connectivity index (χ1) is 12.7. The number of nitrogens with one attached hydrogen (secondary N) is 2. The minimum Gasteiger partial charge on any atom is -0.487 e. The molecule has 0 atom stereocenters. The summed E-state index contributed by atoms with van der Waals surface area (Å²) >= 11 is 0. The Kier molecular flexibility index (Phi) is 6.50. The molecular weight excluding hydrogens is 326 g/mol. The molecule has 5 heteroatoms. The number of nitrogens with zero attached hydrogens (tertiary/aromatic N) is 1. The molecule has 1 aliphatic rings. The van der Waals surface area contributed by atoms with Crippen LogP contribution < -0.4 is 15.4 Å².